The van der Waals surface area contributed by atoms with E-state index >= 15 is 0 Å². The lowest BCUT2D eigenvalue weighted by Crippen LogP contribution is -2.15. The molecule has 0 atom stereocenters. The van der Waals surface area contributed by atoms with Crippen LogP contribution in [0, 0.1) is 6.92 Å². The fourth-order valence-electron chi connectivity index (χ4n) is 3.73. The first-order valence-corrected chi connectivity index (χ1v) is 13.2. The van der Waals surface area contributed by atoms with Gasteiger partial charge in [-0.2, -0.15) is 0 Å². The van der Waals surface area contributed by atoms with Crippen LogP contribution in [-0.4, -0.2) is 24.5 Å². The molecule has 8 nitrogen and oxygen atoms in total. The normalized spacial score (nSPS) is 11.4. The number of halogens is 2. The molecule has 37 heavy (non-hydrogen) atoms. The molecule has 0 unspecified atom stereocenters. The highest BCUT2D eigenvalue weighted by Gasteiger charge is 2.18. The van der Waals surface area contributed by atoms with Gasteiger partial charge in [0.2, 0.25) is 0 Å². The number of hydrogen-bond acceptors (Lipinski definition) is 6. The molecule has 5 rings (SSSR count). The molecule has 3 aromatic carbocycles. The number of benzene rings is 3. The number of aryl methyl sites for hydroxylation is 1. The zero-order valence-electron chi connectivity index (χ0n) is 19.2. The molecule has 11 heteroatoms. The Kier molecular flexibility index (Phi) is 6.59. The lowest BCUT2D eigenvalue weighted by atomic mass is 10.0. The summed E-state index contributed by atoms with van der Waals surface area (Å²) in [6.45, 7) is 1.65. The van der Waals surface area contributed by atoms with Crippen LogP contribution < -0.4 is 10.0 Å². The molecular weight excluding hydrogens is 535 g/mol. The second-order valence-electron chi connectivity index (χ2n) is 8.10. The van der Waals surface area contributed by atoms with Crippen molar-refractivity contribution in [3.05, 3.63) is 100 Å². The minimum Gasteiger partial charge on any atom is -0.360 e. The lowest BCUT2D eigenvalue weighted by molar-refractivity contribution is 0.102. The number of nitrogens with one attached hydrogen (secondary N) is 2. The first-order valence-electron chi connectivity index (χ1n) is 10.9. The zero-order chi connectivity index (χ0) is 26.2. The van der Waals surface area contributed by atoms with E-state index in [1.54, 1.807) is 37.3 Å². The van der Waals surface area contributed by atoms with Crippen molar-refractivity contribution in [2.24, 2.45) is 0 Å². The van der Waals surface area contributed by atoms with Crippen molar-refractivity contribution in [2.75, 3.05) is 10.0 Å². The standard InChI is InChI=1S/C26H18Cl2N4O4S/c1-15-12-25(31-36-15)32-37(34,35)18-9-7-17(8-10-18)29-26(33)21-14-24(20-11-6-16(27)13-22(20)28)30-23-5-3-2-4-19(21)23/h2-14H,1H3,(H,29,33)(H,31,32). The van der Waals surface area contributed by atoms with Crippen molar-refractivity contribution in [1.82, 2.24) is 10.1 Å². The van der Waals surface area contributed by atoms with Crippen LogP contribution in [0.1, 0.15) is 16.1 Å². The van der Waals surface area contributed by atoms with Gasteiger partial charge in [-0.1, -0.05) is 46.6 Å². The van der Waals surface area contributed by atoms with E-state index in [-0.39, 0.29) is 10.7 Å². The third-order valence-electron chi connectivity index (χ3n) is 5.46. The molecule has 0 fully saturated rings. The SMILES string of the molecule is Cc1cc(NS(=O)(=O)c2ccc(NC(=O)c3cc(-c4ccc(Cl)cc4Cl)nc4ccccc34)cc2)no1. The molecule has 2 heterocycles. The van der Waals surface area contributed by atoms with Crippen LogP contribution in [0.4, 0.5) is 11.5 Å². The maximum absolute atomic E-state index is 13.3. The number of amides is 1. The van der Waals surface area contributed by atoms with Gasteiger partial charge in [0.05, 0.1) is 26.7 Å². The summed E-state index contributed by atoms with van der Waals surface area (Å²) in [4.78, 5) is 18.0. The zero-order valence-corrected chi connectivity index (χ0v) is 21.5. The van der Waals surface area contributed by atoms with Crippen molar-refractivity contribution >= 4 is 61.5 Å². The van der Waals surface area contributed by atoms with Gasteiger partial charge in [-0.3, -0.25) is 9.52 Å². The van der Waals surface area contributed by atoms with Crippen LogP contribution in [-0.2, 0) is 10.0 Å². The van der Waals surface area contributed by atoms with Crippen molar-refractivity contribution in [2.45, 2.75) is 11.8 Å². The number of pyridine rings is 1. The monoisotopic (exact) mass is 552 g/mol. The molecule has 0 aliphatic heterocycles. The van der Waals surface area contributed by atoms with E-state index in [0.717, 1.165) is 0 Å². The maximum Gasteiger partial charge on any atom is 0.263 e. The molecule has 0 saturated heterocycles. The van der Waals surface area contributed by atoms with Gasteiger partial charge >= 0.3 is 0 Å². The van der Waals surface area contributed by atoms with E-state index in [4.69, 9.17) is 27.7 Å². The number of fused-ring (bicyclic) bond motifs is 1. The van der Waals surface area contributed by atoms with Crippen LogP contribution in [0.3, 0.4) is 0 Å². The average molecular weight is 553 g/mol. The number of carbonyl (C=O) groups is 1. The second kappa shape index (κ2) is 9.85. The summed E-state index contributed by atoms with van der Waals surface area (Å²) in [5.74, 6) is 0.161. The third kappa shape index (κ3) is 5.29. The van der Waals surface area contributed by atoms with Gasteiger partial charge in [0, 0.05) is 27.7 Å². The number of aromatic nitrogens is 2. The molecular formula is C26H18Cl2N4O4S. The van der Waals surface area contributed by atoms with E-state index in [2.05, 4.69) is 20.2 Å². The minimum atomic E-state index is -3.89. The van der Waals surface area contributed by atoms with E-state index in [0.29, 0.717) is 49.2 Å². The summed E-state index contributed by atoms with van der Waals surface area (Å²) in [5, 5.41) is 8.01. The lowest BCUT2D eigenvalue weighted by Gasteiger charge is -2.12. The molecule has 0 spiro atoms. The van der Waals surface area contributed by atoms with E-state index < -0.39 is 15.9 Å². The van der Waals surface area contributed by atoms with E-state index in [1.807, 2.05) is 18.2 Å². The molecule has 0 radical (unpaired) electrons. The number of nitrogens with zero attached hydrogens (tertiary/aromatic N) is 2. The molecule has 0 aliphatic carbocycles. The summed E-state index contributed by atoms with van der Waals surface area (Å²) in [6, 6.07) is 21.2. The molecule has 0 saturated carbocycles. The topological polar surface area (TPSA) is 114 Å². The van der Waals surface area contributed by atoms with Gasteiger partial charge in [0.1, 0.15) is 5.76 Å². The molecule has 1 amide bonds. The fourth-order valence-corrected chi connectivity index (χ4v) is 5.21. The number of sulfonamides is 1. The summed E-state index contributed by atoms with van der Waals surface area (Å²) in [6.07, 6.45) is 0. The molecule has 2 aromatic heterocycles. The first kappa shape index (κ1) is 24.8. The highest BCUT2D eigenvalue weighted by atomic mass is 35.5. The highest BCUT2D eigenvalue weighted by molar-refractivity contribution is 7.92. The van der Waals surface area contributed by atoms with E-state index in [9.17, 15) is 13.2 Å². The average Bonchev–Trinajstić information content (AvgIpc) is 3.27. The predicted octanol–water partition coefficient (Wildman–Crippen LogP) is 6.56. The smallest absolute Gasteiger partial charge is 0.263 e. The Labute approximate surface area is 222 Å². The third-order valence-corrected chi connectivity index (χ3v) is 7.38. The number of anilines is 2. The second-order valence-corrected chi connectivity index (χ2v) is 10.6. The minimum absolute atomic E-state index is 0.000166. The Hall–Kier alpha value is -3.92. The van der Waals surface area contributed by atoms with Gasteiger partial charge in [-0.15, -0.1) is 0 Å². The molecule has 0 aliphatic rings. The largest absolute Gasteiger partial charge is 0.360 e. The summed E-state index contributed by atoms with van der Waals surface area (Å²) in [7, 11) is -3.89. The Morgan fingerprint density at radius 3 is 2.41 bits per heavy atom. The van der Waals surface area contributed by atoms with Crippen LogP contribution in [0.25, 0.3) is 22.2 Å². The molecule has 2 N–H and O–H groups in total. The van der Waals surface area contributed by atoms with Crippen LogP contribution in [0.2, 0.25) is 10.0 Å². The number of hydrogen-bond donors (Lipinski definition) is 2. The Morgan fingerprint density at radius 2 is 1.70 bits per heavy atom. The Balaban J connectivity index is 1.43. The molecule has 186 valence electrons. The summed E-state index contributed by atoms with van der Waals surface area (Å²) >= 11 is 12.4. The maximum atomic E-state index is 13.3. The number of para-hydroxylation sites is 1. The number of carbonyl (C=O) groups excluding carboxylic acids is 1. The van der Waals surface area contributed by atoms with Gasteiger partial charge < -0.3 is 9.84 Å². The van der Waals surface area contributed by atoms with Gasteiger partial charge in [0.15, 0.2) is 5.82 Å². The fraction of sp³-hybridized carbons (Fsp3) is 0.0385. The van der Waals surface area contributed by atoms with Crippen LogP contribution >= 0.6 is 23.2 Å². The Morgan fingerprint density at radius 1 is 0.946 bits per heavy atom. The van der Waals surface area contributed by atoms with Crippen molar-refractivity contribution < 1.29 is 17.7 Å². The predicted molar refractivity (Wildman–Crippen MR) is 144 cm³/mol. The van der Waals surface area contributed by atoms with Crippen molar-refractivity contribution in [3.8, 4) is 11.3 Å². The number of rotatable bonds is 6. The Bertz CT molecular complexity index is 1750. The van der Waals surface area contributed by atoms with Gasteiger partial charge in [-0.05, 0) is 61.5 Å². The first-order chi connectivity index (χ1) is 17.7. The molecule has 5 aromatic rings. The van der Waals surface area contributed by atoms with Crippen molar-refractivity contribution in [1.29, 1.82) is 0 Å². The quantitative estimate of drug-likeness (QED) is 0.246. The van der Waals surface area contributed by atoms with Gasteiger partial charge in [0.25, 0.3) is 15.9 Å². The summed E-state index contributed by atoms with van der Waals surface area (Å²) in [5.41, 5.74) is 2.56. The van der Waals surface area contributed by atoms with Crippen LogP contribution in [0.15, 0.2) is 88.3 Å². The molecule has 0 bridgehead atoms. The van der Waals surface area contributed by atoms with Crippen LogP contribution in [0.5, 0.6) is 0 Å². The van der Waals surface area contributed by atoms with Crippen molar-refractivity contribution in [3.63, 3.8) is 0 Å². The highest BCUT2D eigenvalue weighted by Crippen LogP contribution is 2.32. The van der Waals surface area contributed by atoms with E-state index in [1.165, 1.54) is 30.3 Å². The summed E-state index contributed by atoms with van der Waals surface area (Å²) < 4.78 is 32.5. The van der Waals surface area contributed by atoms with Gasteiger partial charge in [-0.25, -0.2) is 13.4 Å².